The van der Waals surface area contributed by atoms with Gasteiger partial charge in [-0.3, -0.25) is 4.79 Å². The van der Waals surface area contributed by atoms with E-state index >= 15 is 0 Å². The maximum Gasteiger partial charge on any atom is 0.251 e. The van der Waals surface area contributed by atoms with E-state index in [0.717, 1.165) is 44.8 Å². The molecule has 27 heavy (non-hydrogen) atoms. The van der Waals surface area contributed by atoms with Crippen LogP contribution in [0.1, 0.15) is 49.4 Å². The number of likely N-dealkylation sites (tertiary alicyclic amines) is 1. The zero-order valence-corrected chi connectivity index (χ0v) is 17.0. The Morgan fingerprint density at radius 2 is 1.81 bits per heavy atom. The van der Waals surface area contributed by atoms with Gasteiger partial charge >= 0.3 is 0 Å². The third-order valence-electron chi connectivity index (χ3n) is 5.50. The quantitative estimate of drug-likeness (QED) is 0.722. The van der Waals surface area contributed by atoms with Crippen molar-refractivity contribution in [1.82, 2.24) is 14.5 Å². The molecule has 1 N–H and O–H groups in total. The number of benzene rings is 1. The molecule has 2 fully saturated rings. The van der Waals surface area contributed by atoms with Crippen LogP contribution in [-0.4, -0.2) is 62.8 Å². The molecule has 0 aliphatic carbocycles. The van der Waals surface area contributed by atoms with Gasteiger partial charge in [0.2, 0.25) is 10.0 Å². The number of nitrogens with zero attached hydrogens (tertiary/aromatic N) is 2. The predicted molar refractivity (Wildman–Crippen MR) is 106 cm³/mol. The molecule has 2 saturated heterocycles. The van der Waals surface area contributed by atoms with Gasteiger partial charge in [0.25, 0.3) is 5.91 Å². The fourth-order valence-electron chi connectivity index (χ4n) is 3.95. The standard InChI is InChI=1S/C20H31N3O3S/c1-17-6-4-12-22(16-17)13-5-11-21-20(24)18-7-9-19(10-8-18)27(25,26)23-14-2-3-15-23/h7-10,17H,2-6,11-16H2,1H3,(H,21,24). The van der Waals surface area contributed by atoms with Crippen molar-refractivity contribution in [1.29, 1.82) is 0 Å². The molecule has 2 aliphatic rings. The number of hydrogen-bond acceptors (Lipinski definition) is 4. The second-order valence-electron chi connectivity index (χ2n) is 7.79. The van der Waals surface area contributed by atoms with Crippen molar-refractivity contribution in [2.24, 2.45) is 5.92 Å². The molecule has 3 rings (SSSR count). The molecule has 6 nitrogen and oxygen atoms in total. The lowest BCUT2D eigenvalue weighted by Crippen LogP contribution is -2.36. The van der Waals surface area contributed by atoms with Gasteiger partial charge in [-0.1, -0.05) is 6.92 Å². The van der Waals surface area contributed by atoms with E-state index in [1.54, 1.807) is 12.1 Å². The van der Waals surface area contributed by atoms with Crippen LogP contribution in [0.3, 0.4) is 0 Å². The molecule has 1 unspecified atom stereocenters. The lowest BCUT2D eigenvalue weighted by Gasteiger charge is -2.30. The summed E-state index contributed by atoms with van der Waals surface area (Å²) < 4.78 is 26.6. The number of carbonyl (C=O) groups is 1. The van der Waals surface area contributed by atoms with E-state index in [9.17, 15) is 13.2 Å². The second kappa shape index (κ2) is 9.17. The number of amides is 1. The molecule has 2 aliphatic heterocycles. The predicted octanol–water partition coefficient (Wildman–Crippen LogP) is 2.32. The van der Waals surface area contributed by atoms with Gasteiger partial charge in [0.15, 0.2) is 0 Å². The van der Waals surface area contributed by atoms with Crippen molar-refractivity contribution in [3.8, 4) is 0 Å². The molecular formula is C20H31N3O3S. The van der Waals surface area contributed by atoms with Crippen LogP contribution in [0.5, 0.6) is 0 Å². The van der Waals surface area contributed by atoms with Gasteiger partial charge in [-0.25, -0.2) is 8.42 Å². The molecule has 0 spiro atoms. The van der Waals surface area contributed by atoms with Crippen molar-refractivity contribution < 1.29 is 13.2 Å². The summed E-state index contributed by atoms with van der Waals surface area (Å²) >= 11 is 0. The minimum atomic E-state index is -3.42. The summed E-state index contributed by atoms with van der Waals surface area (Å²) in [6, 6.07) is 6.28. The number of rotatable bonds is 7. The van der Waals surface area contributed by atoms with E-state index in [4.69, 9.17) is 0 Å². The Morgan fingerprint density at radius 1 is 1.11 bits per heavy atom. The number of piperidine rings is 1. The van der Waals surface area contributed by atoms with Gasteiger partial charge in [-0.15, -0.1) is 0 Å². The molecular weight excluding hydrogens is 362 g/mol. The summed E-state index contributed by atoms with van der Waals surface area (Å²) in [6.07, 6.45) is 5.34. The third kappa shape index (κ3) is 5.30. The number of carbonyl (C=O) groups excluding carboxylic acids is 1. The molecule has 0 saturated carbocycles. The summed E-state index contributed by atoms with van der Waals surface area (Å²) in [6.45, 7) is 7.42. The Bertz CT molecular complexity index is 727. The van der Waals surface area contributed by atoms with Gasteiger partial charge in [0, 0.05) is 31.7 Å². The maximum atomic E-state index is 12.5. The second-order valence-corrected chi connectivity index (χ2v) is 9.73. The first-order chi connectivity index (χ1) is 13.0. The van der Waals surface area contributed by atoms with Crippen molar-refractivity contribution in [2.75, 3.05) is 39.3 Å². The van der Waals surface area contributed by atoms with Crippen LogP contribution in [0.4, 0.5) is 0 Å². The number of nitrogens with one attached hydrogen (secondary N) is 1. The van der Waals surface area contributed by atoms with Crippen LogP contribution in [0.15, 0.2) is 29.2 Å². The molecule has 1 atom stereocenters. The molecule has 1 amide bonds. The highest BCUT2D eigenvalue weighted by Gasteiger charge is 2.27. The average molecular weight is 394 g/mol. The lowest BCUT2D eigenvalue weighted by atomic mass is 10.0. The molecule has 7 heteroatoms. The van der Waals surface area contributed by atoms with Crippen LogP contribution in [0, 0.1) is 5.92 Å². The van der Waals surface area contributed by atoms with Gasteiger partial charge in [-0.2, -0.15) is 4.31 Å². The fraction of sp³-hybridized carbons (Fsp3) is 0.650. The van der Waals surface area contributed by atoms with E-state index in [-0.39, 0.29) is 10.8 Å². The van der Waals surface area contributed by atoms with Crippen LogP contribution in [0.2, 0.25) is 0 Å². The van der Waals surface area contributed by atoms with Crippen LogP contribution < -0.4 is 5.32 Å². The van der Waals surface area contributed by atoms with E-state index in [2.05, 4.69) is 17.1 Å². The Balaban J connectivity index is 1.46. The van der Waals surface area contributed by atoms with Crippen molar-refractivity contribution in [2.45, 2.75) is 43.9 Å². The number of sulfonamides is 1. The van der Waals surface area contributed by atoms with Crippen molar-refractivity contribution in [3.05, 3.63) is 29.8 Å². The minimum absolute atomic E-state index is 0.146. The Hall–Kier alpha value is -1.44. The highest BCUT2D eigenvalue weighted by Crippen LogP contribution is 2.21. The maximum absolute atomic E-state index is 12.5. The lowest BCUT2D eigenvalue weighted by molar-refractivity contribution is 0.0950. The van der Waals surface area contributed by atoms with Gasteiger partial charge in [-0.05, 0) is 75.4 Å². The first-order valence-corrected chi connectivity index (χ1v) is 11.5. The van der Waals surface area contributed by atoms with E-state index in [1.165, 1.54) is 29.3 Å². The highest BCUT2D eigenvalue weighted by molar-refractivity contribution is 7.89. The Labute approximate surface area is 163 Å². The largest absolute Gasteiger partial charge is 0.352 e. The van der Waals surface area contributed by atoms with Crippen LogP contribution in [0.25, 0.3) is 0 Å². The summed E-state index contributed by atoms with van der Waals surface area (Å²) in [5, 5.41) is 2.94. The van der Waals surface area contributed by atoms with E-state index < -0.39 is 10.0 Å². The zero-order chi connectivity index (χ0) is 19.3. The SMILES string of the molecule is CC1CCCN(CCCNC(=O)c2ccc(S(=O)(=O)N3CCCC3)cc2)C1. The first kappa shape index (κ1) is 20.3. The van der Waals surface area contributed by atoms with Crippen molar-refractivity contribution in [3.63, 3.8) is 0 Å². The first-order valence-electron chi connectivity index (χ1n) is 10.1. The molecule has 0 bridgehead atoms. The third-order valence-corrected chi connectivity index (χ3v) is 7.41. The highest BCUT2D eigenvalue weighted by atomic mass is 32.2. The molecule has 2 heterocycles. The molecule has 0 radical (unpaired) electrons. The summed E-state index contributed by atoms with van der Waals surface area (Å²) in [7, 11) is -3.42. The van der Waals surface area contributed by atoms with Gasteiger partial charge in [0.05, 0.1) is 4.90 Å². The van der Waals surface area contributed by atoms with Crippen LogP contribution in [-0.2, 0) is 10.0 Å². The van der Waals surface area contributed by atoms with E-state index in [0.29, 0.717) is 25.2 Å². The summed E-state index contributed by atoms with van der Waals surface area (Å²) in [5.41, 5.74) is 0.502. The summed E-state index contributed by atoms with van der Waals surface area (Å²) in [5.74, 6) is 0.621. The molecule has 1 aromatic carbocycles. The zero-order valence-electron chi connectivity index (χ0n) is 16.2. The summed E-state index contributed by atoms with van der Waals surface area (Å²) in [4.78, 5) is 15.0. The Morgan fingerprint density at radius 3 is 2.48 bits per heavy atom. The monoisotopic (exact) mass is 393 g/mol. The Kier molecular flexibility index (Phi) is 6.89. The minimum Gasteiger partial charge on any atom is -0.352 e. The molecule has 1 aromatic rings. The molecule has 150 valence electrons. The smallest absolute Gasteiger partial charge is 0.251 e. The van der Waals surface area contributed by atoms with Crippen LogP contribution >= 0.6 is 0 Å². The molecule has 0 aromatic heterocycles. The van der Waals surface area contributed by atoms with Gasteiger partial charge < -0.3 is 10.2 Å². The van der Waals surface area contributed by atoms with Crippen molar-refractivity contribution >= 4 is 15.9 Å². The van der Waals surface area contributed by atoms with Gasteiger partial charge in [0.1, 0.15) is 0 Å². The normalized spacial score (nSPS) is 22.0. The topological polar surface area (TPSA) is 69.7 Å². The van der Waals surface area contributed by atoms with E-state index in [1.807, 2.05) is 0 Å². The fourth-order valence-corrected chi connectivity index (χ4v) is 5.47. The number of hydrogen-bond donors (Lipinski definition) is 1. The average Bonchev–Trinajstić information content (AvgIpc) is 3.21.